The summed E-state index contributed by atoms with van der Waals surface area (Å²) in [4.78, 5) is 16.1. The van der Waals surface area contributed by atoms with E-state index in [1.165, 1.54) is 6.92 Å². The largest absolute Gasteiger partial charge is 0.468 e. The van der Waals surface area contributed by atoms with Crippen molar-refractivity contribution in [3.63, 3.8) is 0 Å². The monoisotopic (exact) mass is 233 g/mol. The summed E-state index contributed by atoms with van der Waals surface area (Å²) in [7, 11) is 0. The minimum Gasteiger partial charge on any atom is -0.468 e. The van der Waals surface area contributed by atoms with Gasteiger partial charge in [-0.05, 0) is 24.3 Å². The molecule has 0 saturated carbocycles. The molecule has 0 N–H and O–H groups in total. The van der Waals surface area contributed by atoms with Crippen LogP contribution in [0, 0.1) is 0 Å². The second kappa shape index (κ2) is 4.99. The Kier molecular flexibility index (Phi) is 3.41. The number of hydrogen-bond donors (Lipinski definition) is 0. The molecule has 82 valence electrons. The van der Waals surface area contributed by atoms with Gasteiger partial charge in [0, 0.05) is 18.0 Å². The first-order valence-electron chi connectivity index (χ1n) is 4.88. The summed E-state index contributed by atoms with van der Waals surface area (Å²) in [5.74, 6) is 1.69. The Bertz CT molecular complexity index is 462. The third kappa shape index (κ3) is 2.73. The molecule has 0 aromatic carbocycles. The number of ketones is 1. The lowest BCUT2D eigenvalue weighted by Gasteiger charge is -1.99. The second-order valence-electron chi connectivity index (χ2n) is 3.30. The Morgan fingerprint density at radius 3 is 2.88 bits per heavy atom. The predicted octanol–water partition coefficient (Wildman–Crippen LogP) is 3.17. The fraction of sp³-hybridized carbons (Fsp3) is 0.167. The third-order valence-electron chi connectivity index (χ3n) is 2.06. The number of carbonyl (C=O) groups is 1. The number of thioether (sulfide) groups is 1. The highest BCUT2D eigenvalue weighted by Gasteiger charge is 2.02. The fourth-order valence-electron chi connectivity index (χ4n) is 1.22. The van der Waals surface area contributed by atoms with Crippen LogP contribution in [0.4, 0.5) is 0 Å². The Labute approximate surface area is 97.9 Å². The average Bonchev–Trinajstić information content (AvgIpc) is 2.80. The van der Waals surface area contributed by atoms with E-state index in [-0.39, 0.29) is 5.78 Å². The molecule has 0 fully saturated rings. The number of rotatable bonds is 4. The van der Waals surface area contributed by atoms with Crippen LogP contribution in [-0.2, 0) is 5.75 Å². The Balaban J connectivity index is 1.98. The van der Waals surface area contributed by atoms with Crippen LogP contribution in [0.5, 0.6) is 0 Å². The maximum Gasteiger partial charge on any atom is 0.178 e. The zero-order valence-corrected chi connectivity index (χ0v) is 9.66. The predicted molar refractivity (Wildman–Crippen MR) is 62.5 cm³/mol. The van der Waals surface area contributed by atoms with Crippen LogP contribution in [0.25, 0.3) is 0 Å². The molecule has 3 nitrogen and oxygen atoms in total. The van der Waals surface area contributed by atoms with Gasteiger partial charge in [0.05, 0.1) is 12.0 Å². The summed E-state index contributed by atoms with van der Waals surface area (Å²) in [5, 5.41) is 0. The van der Waals surface area contributed by atoms with Crippen LogP contribution in [-0.4, -0.2) is 10.8 Å². The fourth-order valence-corrected chi connectivity index (χ4v) is 1.99. The number of furan rings is 1. The molecule has 16 heavy (non-hydrogen) atoms. The molecule has 0 spiro atoms. The van der Waals surface area contributed by atoms with Crippen molar-refractivity contribution in [2.45, 2.75) is 17.6 Å². The van der Waals surface area contributed by atoms with Crippen molar-refractivity contribution in [3.8, 4) is 0 Å². The van der Waals surface area contributed by atoms with E-state index in [4.69, 9.17) is 4.42 Å². The van der Waals surface area contributed by atoms with Gasteiger partial charge in [0.2, 0.25) is 0 Å². The van der Waals surface area contributed by atoms with Crippen molar-refractivity contribution in [2.75, 3.05) is 0 Å². The molecule has 2 aromatic heterocycles. The van der Waals surface area contributed by atoms with Crippen molar-refractivity contribution < 1.29 is 9.21 Å². The van der Waals surface area contributed by atoms with Crippen molar-refractivity contribution in [1.29, 1.82) is 0 Å². The summed E-state index contributed by atoms with van der Waals surface area (Å²) in [6.07, 6.45) is 3.37. The van der Waals surface area contributed by atoms with Crippen molar-refractivity contribution >= 4 is 17.5 Å². The molecule has 0 aliphatic heterocycles. The van der Waals surface area contributed by atoms with E-state index < -0.39 is 0 Å². The van der Waals surface area contributed by atoms with Crippen molar-refractivity contribution in [2.24, 2.45) is 0 Å². The number of hydrogen-bond acceptors (Lipinski definition) is 4. The number of carbonyl (C=O) groups excluding carboxylic acids is 1. The quantitative estimate of drug-likeness (QED) is 0.601. The van der Waals surface area contributed by atoms with Gasteiger partial charge in [-0.15, -0.1) is 11.8 Å². The highest BCUT2D eigenvalue weighted by Crippen LogP contribution is 2.22. The summed E-state index contributed by atoms with van der Waals surface area (Å²) in [6, 6.07) is 7.45. The lowest BCUT2D eigenvalue weighted by atomic mass is 10.3. The molecule has 0 bridgehead atoms. The van der Waals surface area contributed by atoms with Crippen LogP contribution in [0.3, 0.4) is 0 Å². The highest BCUT2D eigenvalue weighted by molar-refractivity contribution is 7.98. The standard InChI is InChI=1S/C12H11NO2S/c1-9(14)12-5-4-11(7-13-12)16-8-10-3-2-6-15-10/h2-7H,8H2,1H3. The molecule has 0 unspecified atom stereocenters. The number of aromatic nitrogens is 1. The minimum atomic E-state index is -0.0115. The number of pyridine rings is 1. The van der Waals surface area contributed by atoms with Gasteiger partial charge in [-0.3, -0.25) is 9.78 Å². The van der Waals surface area contributed by atoms with Crippen LogP contribution in [0.1, 0.15) is 23.2 Å². The molecule has 2 heterocycles. The summed E-state index contributed by atoms with van der Waals surface area (Å²) in [5.41, 5.74) is 0.502. The van der Waals surface area contributed by atoms with E-state index >= 15 is 0 Å². The van der Waals surface area contributed by atoms with E-state index in [2.05, 4.69) is 4.98 Å². The van der Waals surface area contributed by atoms with E-state index in [1.807, 2.05) is 18.2 Å². The van der Waals surface area contributed by atoms with Gasteiger partial charge in [0.25, 0.3) is 0 Å². The number of nitrogens with zero attached hydrogens (tertiary/aromatic N) is 1. The molecular formula is C12H11NO2S. The Morgan fingerprint density at radius 1 is 1.44 bits per heavy atom. The molecular weight excluding hydrogens is 222 g/mol. The molecule has 2 rings (SSSR count). The highest BCUT2D eigenvalue weighted by atomic mass is 32.2. The van der Waals surface area contributed by atoms with Gasteiger partial charge in [-0.25, -0.2) is 0 Å². The summed E-state index contributed by atoms with van der Waals surface area (Å²) < 4.78 is 5.22. The van der Waals surface area contributed by atoms with Gasteiger partial charge < -0.3 is 4.42 Å². The van der Waals surface area contributed by atoms with Gasteiger partial charge in [-0.2, -0.15) is 0 Å². The molecule has 0 saturated heterocycles. The third-order valence-corrected chi connectivity index (χ3v) is 3.06. The first kappa shape index (κ1) is 11.0. The maximum atomic E-state index is 11.0. The van der Waals surface area contributed by atoms with E-state index in [0.29, 0.717) is 5.69 Å². The minimum absolute atomic E-state index is 0.0115. The zero-order valence-electron chi connectivity index (χ0n) is 8.84. The van der Waals surface area contributed by atoms with Crippen molar-refractivity contribution in [3.05, 3.63) is 48.2 Å². The summed E-state index contributed by atoms with van der Waals surface area (Å²) >= 11 is 1.63. The van der Waals surface area contributed by atoms with Crippen LogP contribution < -0.4 is 0 Å². The molecule has 0 amide bonds. The zero-order chi connectivity index (χ0) is 11.4. The first-order valence-corrected chi connectivity index (χ1v) is 5.86. The van der Waals surface area contributed by atoms with Gasteiger partial charge in [0.1, 0.15) is 11.5 Å². The molecule has 4 heteroatoms. The van der Waals surface area contributed by atoms with E-state index in [0.717, 1.165) is 16.4 Å². The first-order chi connectivity index (χ1) is 7.75. The van der Waals surface area contributed by atoms with Gasteiger partial charge in [0.15, 0.2) is 5.78 Å². The van der Waals surface area contributed by atoms with E-state index in [1.54, 1.807) is 30.3 Å². The smallest absolute Gasteiger partial charge is 0.178 e. The second-order valence-corrected chi connectivity index (χ2v) is 4.35. The summed E-state index contributed by atoms with van der Waals surface area (Å²) in [6.45, 7) is 1.51. The maximum absolute atomic E-state index is 11.0. The average molecular weight is 233 g/mol. The van der Waals surface area contributed by atoms with Crippen LogP contribution in [0.15, 0.2) is 46.0 Å². The molecule has 0 aliphatic rings. The topological polar surface area (TPSA) is 43.1 Å². The molecule has 0 atom stereocenters. The van der Waals surface area contributed by atoms with Gasteiger partial charge >= 0.3 is 0 Å². The SMILES string of the molecule is CC(=O)c1ccc(SCc2ccco2)cn1. The lowest BCUT2D eigenvalue weighted by Crippen LogP contribution is -1.95. The van der Waals surface area contributed by atoms with Crippen LogP contribution >= 0.6 is 11.8 Å². The molecule has 0 aliphatic carbocycles. The Hall–Kier alpha value is -1.55. The lowest BCUT2D eigenvalue weighted by molar-refractivity contribution is 0.101. The van der Waals surface area contributed by atoms with E-state index in [9.17, 15) is 4.79 Å². The normalized spacial score (nSPS) is 10.3. The number of Topliss-reactive ketones (excluding diaryl/α,β-unsaturated/α-hetero) is 1. The van der Waals surface area contributed by atoms with Crippen LogP contribution in [0.2, 0.25) is 0 Å². The molecule has 0 radical (unpaired) electrons. The van der Waals surface area contributed by atoms with Gasteiger partial charge in [-0.1, -0.05) is 0 Å². The molecule has 2 aromatic rings. The Morgan fingerprint density at radius 2 is 2.31 bits per heavy atom. The van der Waals surface area contributed by atoms with Crippen molar-refractivity contribution in [1.82, 2.24) is 4.98 Å².